The summed E-state index contributed by atoms with van der Waals surface area (Å²) in [5.41, 5.74) is 1.91. The van der Waals surface area contributed by atoms with Crippen LogP contribution in [0.5, 0.6) is 5.75 Å². The average Bonchev–Trinajstić information content (AvgIpc) is 2.35. The molecule has 0 aromatic heterocycles. The molecule has 0 saturated carbocycles. The van der Waals surface area contributed by atoms with Crippen molar-refractivity contribution in [2.75, 3.05) is 24.8 Å². The lowest BCUT2D eigenvalue weighted by molar-refractivity contribution is -0.115. The van der Waals surface area contributed by atoms with Crippen LogP contribution in [-0.4, -0.2) is 25.8 Å². The van der Waals surface area contributed by atoms with Crippen molar-refractivity contribution >= 4 is 24.2 Å². The molecule has 0 unspecified atom stereocenters. The minimum atomic E-state index is -0.0355. The van der Waals surface area contributed by atoms with E-state index in [0.717, 1.165) is 17.0 Å². The van der Waals surface area contributed by atoms with Gasteiger partial charge in [0.2, 0.25) is 5.91 Å². The van der Waals surface area contributed by atoms with Crippen LogP contribution in [0, 0.1) is 0 Å². The van der Waals surface area contributed by atoms with E-state index in [1.807, 2.05) is 18.2 Å². The maximum Gasteiger partial charge on any atom is 0.236 e. The summed E-state index contributed by atoms with van der Waals surface area (Å²) < 4.78 is 5.37. The van der Waals surface area contributed by atoms with Crippen LogP contribution >= 0.6 is 12.6 Å². The zero-order valence-electron chi connectivity index (χ0n) is 11.7. The van der Waals surface area contributed by atoms with Gasteiger partial charge in [0, 0.05) is 18.3 Å². The monoisotopic (exact) mass is 267 g/mol. The van der Waals surface area contributed by atoms with Crippen LogP contribution in [0.1, 0.15) is 26.3 Å². The van der Waals surface area contributed by atoms with Gasteiger partial charge in [0.25, 0.3) is 0 Å². The van der Waals surface area contributed by atoms with Crippen LogP contribution in [0.3, 0.4) is 0 Å². The maximum absolute atomic E-state index is 11.6. The van der Waals surface area contributed by atoms with Crippen molar-refractivity contribution in [2.45, 2.75) is 26.2 Å². The van der Waals surface area contributed by atoms with Crippen LogP contribution in [-0.2, 0) is 10.2 Å². The van der Waals surface area contributed by atoms with Crippen LogP contribution in [0.2, 0.25) is 0 Å². The van der Waals surface area contributed by atoms with E-state index in [9.17, 15) is 4.79 Å². The molecule has 0 N–H and O–H groups in total. The molecular formula is C14H21NO2S. The number of anilines is 1. The van der Waals surface area contributed by atoms with E-state index in [1.165, 1.54) is 0 Å². The normalized spacial score (nSPS) is 11.2. The number of hydrogen-bond donors (Lipinski definition) is 1. The summed E-state index contributed by atoms with van der Waals surface area (Å²) in [5.74, 6) is 1.02. The van der Waals surface area contributed by atoms with E-state index < -0.39 is 0 Å². The van der Waals surface area contributed by atoms with Gasteiger partial charge < -0.3 is 9.64 Å². The standard InChI is InChI=1S/C14H21NO2S/c1-14(2,3)11-8-10(6-7-12(11)17-5)15(4)13(16)9-18/h6-8,18H,9H2,1-5H3. The summed E-state index contributed by atoms with van der Waals surface area (Å²) in [6.07, 6.45) is 0. The molecule has 3 nitrogen and oxygen atoms in total. The second-order valence-corrected chi connectivity index (χ2v) is 5.56. The van der Waals surface area contributed by atoms with Gasteiger partial charge in [-0.1, -0.05) is 20.8 Å². The molecule has 0 saturated heterocycles. The molecule has 0 aliphatic rings. The summed E-state index contributed by atoms with van der Waals surface area (Å²) in [6.45, 7) is 6.36. The van der Waals surface area contributed by atoms with Gasteiger partial charge >= 0.3 is 0 Å². The number of nitrogens with zero attached hydrogens (tertiary/aromatic N) is 1. The van der Waals surface area contributed by atoms with Crippen molar-refractivity contribution in [1.82, 2.24) is 0 Å². The predicted molar refractivity (Wildman–Crippen MR) is 79.0 cm³/mol. The Bertz CT molecular complexity index is 438. The molecule has 0 atom stereocenters. The molecule has 1 amide bonds. The van der Waals surface area contributed by atoms with E-state index >= 15 is 0 Å². The highest BCUT2D eigenvalue weighted by molar-refractivity contribution is 7.81. The third-order valence-electron chi connectivity index (χ3n) is 2.89. The Morgan fingerprint density at radius 3 is 2.44 bits per heavy atom. The molecule has 1 aromatic carbocycles. The first kappa shape index (κ1) is 14.9. The van der Waals surface area contributed by atoms with Gasteiger partial charge in [-0.25, -0.2) is 0 Å². The smallest absolute Gasteiger partial charge is 0.236 e. The van der Waals surface area contributed by atoms with Gasteiger partial charge in [0.15, 0.2) is 0 Å². The molecule has 0 bridgehead atoms. The van der Waals surface area contributed by atoms with Crippen molar-refractivity contribution in [1.29, 1.82) is 0 Å². The first-order chi connectivity index (χ1) is 8.31. The van der Waals surface area contributed by atoms with E-state index in [-0.39, 0.29) is 17.1 Å². The number of rotatable bonds is 3. The Hall–Kier alpha value is -1.16. The van der Waals surface area contributed by atoms with Crippen molar-refractivity contribution in [3.8, 4) is 5.75 Å². The first-order valence-corrected chi connectivity index (χ1v) is 6.50. The van der Waals surface area contributed by atoms with Crippen LogP contribution < -0.4 is 9.64 Å². The first-order valence-electron chi connectivity index (χ1n) is 5.87. The highest BCUT2D eigenvalue weighted by atomic mass is 32.1. The van der Waals surface area contributed by atoms with E-state index in [4.69, 9.17) is 4.74 Å². The van der Waals surface area contributed by atoms with E-state index in [2.05, 4.69) is 33.4 Å². The molecule has 0 fully saturated rings. The Balaban J connectivity index is 3.23. The number of carbonyl (C=O) groups excluding carboxylic acids is 1. The highest BCUT2D eigenvalue weighted by Crippen LogP contribution is 2.34. The minimum absolute atomic E-state index is 0.0247. The topological polar surface area (TPSA) is 29.5 Å². The Labute approximate surface area is 115 Å². The lowest BCUT2D eigenvalue weighted by Gasteiger charge is -2.25. The van der Waals surface area contributed by atoms with Gasteiger partial charge in [0.1, 0.15) is 5.75 Å². The van der Waals surface area contributed by atoms with Crippen molar-refractivity contribution in [3.05, 3.63) is 23.8 Å². The fourth-order valence-corrected chi connectivity index (χ4v) is 1.95. The second-order valence-electron chi connectivity index (χ2n) is 5.25. The molecule has 0 heterocycles. The summed E-state index contributed by atoms with van der Waals surface area (Å²) in [6, 6.07) is 5.79. The molecular weight excluding hydrogens is 246 g/mol. The largest absolute Gasteiger partial charge is 0.496 e. The van der Waals surface area contributed by atoms with Crippen molar-refractivity contribution in [2.24, 2.45) is 0 Å². The van der Waals surface area contributed by atoms with Gasteiger partial charge in [-0.15, -0.1) is 0 Å². The molecule has 1 rings (SSSR count). The van der Waals surface area contributed by atoms with E-state index in [1.54, 1.807) is 19.1 Å². The zero-order valence-corrected chi connectivity index (χ0v) is 12.5. The van der Waals surface area contributed by atoms with Gasteiger partial charge in [0.05, 0.1) is 12.9 Å². The van der Waals surface area contributed by atoms with Gasteiger partial charge in [-0.3, -0.25) is 4.79 Å². The zero-order chi connectivity index (χ0) is 13.9. The van der Waals surface area contributed by atoms with Crippen molar-refractivity contribution < 1.29 is 9.53 Å². The number of hydrogen-bond acceptors (Lipinski definition) is 3. The van der Waals surface area contributed by atoms with E-state index in [0.29, 0.717) is 0 Å². The number of thiol groups is 1. The maximum atomic E-state index is 11.6. The Morgan fingerprint density at radius 2 is 2.00 bits per heavy atom. The van der Waals surface area contributed by atoms with Crippen molar-refractivity contribution in [3.63, 3.8) is 0 Å². The fraction of sp³-hybridized carbons (Fsp3) is 0.500. The minimum Gasteiger partial charge on any atom is -0.496 e. The SMILES string of the molecule is COc1ccc(N(C)C(=O)CS)cc1C(C)(C)C. The lowest BCUT2D eigenvalue weighted by atomic mass is 9.86. The summed E-state index contributed by atoms with van der Waals surface area (Å²) in [4.78, 5) is 13.3. The highest BCUT2D eigenvalue weighted by Gasteiger charge is 2.20. The van der Waals surface area contributed by atoms with Gasteiger partial charge in [-0.2, -0.15) is 12.6 Å². The number of carbonyl (C=O) groups is 1. The molecule has 4 heteroatoms. The number of methoxy groups -OCH3 is 1. The Kier molecular flexibility index (Phi) is 4.68. The predicted octanol–water partition coefficient (Wildman–Crippen LogP) is 2.89. The summed E-state index contributed by atoms with van der Waals surface area (Å²) in [7, 11) is 3.42. The number of amides is 1. The molecule has 0 radical (unpaired) electrons. The Morgan fingerprint density at radius 1 is 1.39 bits per heavy atom. The van der Waals surface area contributed by atoms with Crippen LogP contribution in [0.15, 0.2) is 18.2 Å². The van der Waals surface area contributed by atoms with Crippen LogP contribution in [0.25, 0.3) is 0 Å². The fourth-order valence-electron chi connectivity index (χ4n) is 1.74. The number of ether oxygens (including phenoxy) is 1. The second kappa shape index (κ2) is 5.65. The molecule has 1 aromatic rings. The third-order valence-corrected chi connectivity index (χ3v) is 3.16. The number of benzene rings is 1. The van der Waals surface area contributed by atoms with Gasteiger partial charge in [-0.05, 0) is 23.6 Å². The summed E-state index contributed by atoms with van der Waals surface area (Å²) in [5, 5.41) is 0. The quantitative estimate of drug-likeness (QED) is 0.853. The molecule has 18 heavy (non-hydrogen) atoms. The lowest BCUT2D eigenvalue weighted by Crippen LogP contribution is -2.27. The van der Waals surface area contributed by atoms with Crippen LogP contribution in [0.4, 0.5) is 5.69 Å². The molecule has 0 spiro atoms. The molecule has 0 aliphatic heterocycles. The summed E-state index contributed by atoms with van der Waals surface area (Å²) >= 11 is 4.01. The molecule has 100 valence electrons. The molecule has 0 aliphatic carbocycles. The average molecular weight is 267 g/mol. The third kappa shape index (κ3) is 3.19.